The van der Waals surface area contributed by atoms with Gasteiger partial charge in [-0.3, -0.25) is 4.79 Å². The van der Waals surface area contributed by atoms with E-state index in [0.29, 0.717) is 19.3 Å². The molecule has 1 saturated carbocycles. The van der Waals surface area contributed by atoms with Gasteiger partial charge in [0.25, 0.3) is 0 Å². The molecule has 0 bridgehead atoms. The van der Waals surface area contributed by atoms with Gasteiger partial charge in [0.15, 0.2) is 0 Å². The summed E-state index contributed by atoms with van der Waals surface area (Å²) in [6.45, 7) is 3.43. The Bertz CT molecular complexity index is 482. The molecule has 0 spiro atoms. The first-order valence-electron chi connectivity index (χ1n) is 8.17. The van der Waals surface area contributed by atoms with Crippen molar-refractivity contribution >= 4 is 5.91 Å². The van der Waals surface area contributed by atoms with Gasteiger partial charge in [-0.15, -0.1) is 0 Å². The molecule has 1 amide bonds. The number of amides is 1. The van der Waals surface area contributed by atoms with E-state index in [1.807, 2.05) is 0 Å². The maximum Gasteiger partial charge on any atom is 0.231 e. The van der Waals surface area contributed by atoms with Gasteiger partial charge < -0.3 is 10.1 Å². The van der Waals surface area contributed by atoms with Crippen LogP contribution in [0.5, 0.6) is 0 Å². The normalized spacial score (nSPS) is 22.1. The van der Waals surface area contributed by atoms with Crippen molar-refractivity contribution in [2.45, 2.75) is 56.9 Å². The number of nitrogens with one attached hydrogen (secondary N) is 1. The maximum atomic E-state index is 13.0. The lowest BCUT2D eigenvalue weighted by molar-refractivity contribution is -0.131. The fourth-order valence-electron chi connectivity index (χ4n) is 3.63. The Kier molecular flexibility index (Phi) is 4.29. The molecule has 2 aliphatic rings. The van der Waals surface area contributed by atoms with E-state index in [2.05, 4.69) is 36.5 Å². The lowest BCUT2D eigenvalue weighted by Crippen LogP contribution is -2.50. The lowest BCUT2D eigenvalue weighted by Gasteiger charge is -2.37. The Morgan fingerprint density at radius 1 is 1.14 bits per heavy atom. The number of carbonyl (C=O) groups excluding carboxylic acids is 1. The fraction of sp³-hybridized carbons (Fsp3) is 0.611. The number of hydrogen-bond donors (Lipinski definition) is 1. The Balaban J connectivity index is 1.84. The Hall–Kier alpha value is -1.35. The zero-order valence-corrected chi connectivity index (χ0v) is 12.9. The summed E-state index contributed by atoms with van der Waals surface area (Å²) in [4.78, 5) is 13.0. The minimum absolute atomic E-state index is 0.210. The van der Waals surface area contributed by atoms with Crippen molar-refractivity contribution in [2.24, 2.45) is 0 Å². The van der Waals surface area contributed by atoms with E-state index in [1.54, 1.807) is 0 Å². The van der Waals surface area contributed by atoms with Crippen LogP contribution in [0.15, 0.2) is 24.3 Å². The standard InChI is InChI=1S/C18H25NO2/c1-14-6-8-15(9-7-14)18(10-12-21-13-11-18)17(20)19-16-4-2-3-5-16/h6-9,16H,2-5,10-13H2,1H3,(H,19,20). The number of benzene rings is 1. The van der Waals surface area contributed by atoms with E-state index in [1.165, 1.54) is 18.4 Å². The molecule has 0 unspecified atom stereocenters. The molecule has 0 aromatic heterocycles. The Morgan fingerprint density at radius 2 is 1.76 bits per heavy atom. The van der Waals surface area contributed by atoms with Gasteiger partial charge in [0.2, 0.25) is 5.91 Å². The molecule has 0 atom stereocenters. The molecule has 3 heteroatoms. The third kappa shape index (κ3) is 2.98. The second-order valence-corrected chi connectivity index (χ2v) is 6.52. The highest BCUT2D eigenvalue weighted by Gasteiger charge is 2.42. The molecule has 3 rings (SSSR count). The Labute approximate surface area is 127 Å². The molecule has 0 radical (unpaired) electrons. The van der Waals surface area contributed by atoms with Crippen LogP contribution < -0.4 is 5.32 Å². The Morgan fingerprint density at radius 3 is 2.38 bits per heavy atom. The van der Waals surface area contributed by atoms with Gasteiger partial charge in [-0.2, -0.15) is 0 Å². The molecule has 1 saturated heterocycles. The quantitative estimate of drug-likeness (QED) is 0.927. The highest BCUT2D eigenvalue weighted by atomic mass is 16.5. The zero-order valence-electron chi connectivity index (χ0n) is 12.9. The summed E-state index contributed by atoms with van der Waals surface area (Å²) < 4.78 is 5.51. The summed E-state index contributed by atoms with van der Waals surface area (Å²) >= 11 is 0. The van der Waals surface area contributed by atoms with E-state index in [4.69, 9.17) is 4.74 Å². The van der Waals surface area contributed by atoms with Crippen LogP contribution in [0, 0.1) is 6.92 Å². The third-order valence-electron chi connectivity index (χ3n) is 5.08. The summed E-state index contributed by atoms with van der Waals surface area (Å²) in [7, 11) is 0. The van der Waals surface area contributed by atoms with Crippen LogP contribution in [0.4, 0.5) is 0 Å². The molecule has 1 aliphatic carbocycles. The van der Waals surface area contributed by atoms with Crippen LogP contribution >= 0.6 is 0 Å². The van der Waals surface area contributed by atoms with Gasteiger partial charge in [0, 0.05) is 19.3 Å². The average molecular weight is 287 g/mol. The largest absolute Gasteiger partial charge is 0.381 e. The van der Waals surface area contributed by atoms with E-state index in [0.717, 1.165) is 31.2 Å². The van der Waals surface area contributed by atoms with Crippen molar-refractivity contribution < 1.29 is 9.53 Å². The molecule has 1 N–H and O–H groups in total. The van der Waals surface area contributed by atoms with Gasteiger partial charge in [-0.1, -0.05) is 42.7 Å². The molecule has 114 valence electrons. The molecule has 21 heavy (non-hydrogen) atoms. The lowest BCUT2D eigenvalue weighted by atomic mass is 9.73. The van der Waals surface area contributed by atoms with Gasteiger partial charge in [0.05, 0.1) is 5.41 Å². The minimum Gasteiger partial charge on any atom is -0.381 e. The van der Waals surface area contributed by atoms with Crippen molar-refractivity contribution in [3.63, 3.8) is 0 Å². The van der Waals surface area contributed by atoms with Crippen LogP contribution in [0.1, 0.15) is 49.7 Å². The van der Waals surface area contributed by atoms with Crippen LogP contribution in [0.2, 0.25) is 0 Å². The highest BCUT2D eigenvalue weighted by molar-refractivity contribution is 5.88. The van der Waals surface area contributed by atoms with Crippen molar-refractivity contribution in [1.82, 2.24) is 5.32 Å². The first-order valence-corrected chi connectivity index (χ1v) is 8.17. The monoisotopic (exact) mass is 287 g/mol. The highest BCUT2D eigenvalue weighted by Crippen LogP contribution is 2.36. The summed E-state index contributed by atoms with van der Waals surface area (Å²) in [6, 6.07) is 8.83. The van der Waals surface area contributed by atoms with E-state index >= 15 is 0 Å². The third-order valence-corrected chi connectivity index (χ3v) is 5.08. The molecule has 1 aliphatic heterocycles. The van der Waals surface area contributed by atoms with Crippen LogP contribution in [0.3, 0.4) is 0 Å². The second kappa shape index (κ2) is 6.18. The zero-order chi connectivity index (χ0) is 14.7. The van der Waals surface area contributed by atoms with Gasteiger partial charge in [0.1, 0.15) is 0 Å². The second-order valence-electron chi connectivity index (χ2n) is 6.52. The van der Waals surface area contributed by atoms with Gasteiger partial charge in [-0.25, -0.2) is 0 Å². The summed E-state index contributed by atoms with van der Waals surface area (Å²) in [5.74, 6) is 0.210. The smallest absolute Gasteiger partial charge is 0.231 e. The van der Waals surface area contributed by atoms with Crippen LogP contribution in [0.25, 0.3) is 0 Å². The van der Waals surface area contributed by atoms with Crippen molar-refractivity contribution in [3.05, 3.63) is 35.4 Å². The molecule has 3 nitrogen and oxygen atoms in total. The minimum atomic E-state index is -0.394. The molecule has 1 heterocycles. The molecular formula is C18H25NO2. The average Bonchev–Trinajstić information content (AvgIpc) is 3.01. The molecule has 1 aromatic rings. The fourth-order valence-corrected chi connectivity index (χ4v) is 3.63. The van der Waals surface area contributed by atoms with Crippen molar-refractivity contribution in [1.29, 1.82) is 0 Å². The number of ether oxygens (including phenoxy) is 1. The maximum absolute atomic E-state index is 13.0. The van der Waals surface area contributed by atoms with Gasteiger partial charge >= 0.3 is 0 Å². The first kappa shape index (κ1) is 14.6. The topological polar surface area (TPSA) is 38.3 Å². The number of aryl methyl sites for hydroxylation is 1. The van der Waals surface area contributed by atoms with Gasteiger partial charge in [-0.05, 0) is 38.2 Å². The van der Waals surface area contributed by atoms with Crippen molar-refractivity contribution in [2.75, 3.05) is 13.2 Å². The van der Waals surface area contributed by atoms with E-state index in [9.17, 15) is 4.79 Å². The van der Waals surface area contributed by atoms with Crippen LogP contribution in [-0.4, -0.2) is 25.2 Å². The SMILES string of the molecule is Cc1ccc(C2(C(=O)NC3CCCC3)CCOCC2)cc1. The first-order chi connectivity index (χ1) is 10.2. The summed E-state index contributed by atoms with van der Waals surface area (Å²) in [6.07, 6.45) is 6.32. The number of rotatable bonds is 3. The van der Waals surface area contributed by atoms with E-state index in [-0.39, 0.29) is 5.91 Å². The van der Waals surface area contributed by atoms with Crippen molar-refractivity contribution in [3.8, 4) is 0 Å². The number of hydrogen-bond acceptors (Lipinski definition) is 2. The molecular weight excluding hydrogens is 262 g/mol. The molecule has 1 aromatic carbocycles. The summed E-state index contributed by atoms with van der Waals surface area (Å²) in [5.41, 5.74) is 1.98. The predicted molar refractivity (Wildman–Crippen MR) is 83.3 cm³/mol. The van der Waals surface area contributed by atoms with E-state index < -0.39 is 5.41 Å². The number of carbonyl (C=O) groups is 1. The summed E-state index contributed by atoms with van der Waals surface area (Å²) in [5, 5.41) is 3.31. The van der Waals surface area contributed by atoms with Crippen LogP contribution in [-0.2, 0) is 14.9 Å². The predicted octanol–water partition coefficient (Wildman–Crippen LogP) is 3.10. The molecule has 2 fully saturated rings.